The van der Waals surface area contributed by atoms with Gasteiger partial charge in [0, 0.05) is 12.0 Å². The predicted octanol–water partition coefficient (Wildman–Crippen LogP) is 3.76. The van der Waals surface area contributed by atoms with E-state index >= 15 is 0 Å². The first kappa shape index (κ1) is 14.9. The van der Waals surface area contributed by atoms with Crippen LogP contribution < -0.4 is 5.32 Å². The molecular formula is C15H19F2NO2. The van der Waals surface area contributed by atoms with Crippen LogP contribution in [0.15, 0.2) is 34.7 Å². The summed E-state index contributed by atoms with van der Waals surface area (Å²) in [6.45, 7) is 2.53. The maximum absolute atomic E-state index is 12.0. The molecule has 0 amide bonds. The molecule has 3 nitrogen and oxygen atoms in total. The number of furan rings is 1. The van der Waals surface area contributed by atoms with Crippen molar-refractivity contribution in [1.82, 2.24) is 5.32 Å². The van der Waals surface area contributed by atoms with E-state index in [0.29, 0.717) is 6.42 Å². The highest BCUT2D eigenvalue weighted by Crippen LogP contribution is 2.25. The lowest BCUT2D eigenvalue weighted by molar-refractivity contribution is 0.0139. The third-order valence-electron chi connectivity index (χ3n) is 3.03. The zero-order valence-electron chi connectivity index (χ0n) is 11.4. The van der Waals surface area contributed by atoms with E-state index in [1.807, 2.05) is 37.3 Å². The quantitative estimate of drug-likeness (QED) is 0.749. The van der Waals surface area contributed by atoms with E-state index in [4.69, 9.17) is 9.15 Å². The van der Waals surface area contributed by atoms with Gasteiger partial charge in [-0.25, -0.2) is 8.78 Å². The van der Waals surface area contributed by atoms with Crippen molar-refractivity contribution in [2.24, 2.45) is 0 Å². The summed E-state index contributed by atoms with van der Waals surface area (Å²) in [7, 11) is 0. The average molecular weight is 283 g/mol. The fraction of sp³-hybridized carbons (Fsp3) is 0.467. The maximum atomic E-state index is 12.0. The third kappa shape index (κ3) is 4.02. The van der Waals surface area contributed by atoms with Crippen molar-refractivity contribution in [2.45, 2.75) is 25.8 Å². The van der Waals surface area contributed by atoms with Gasteiger partial charge in [-0.15, -0.1) is 0 Å². The van der Waals surface area contributed by atoms with Crippen molar-refractivity contribution < 1.29 is 17.9 Å². The molecule has 0 aliphatic heterocycles. The number of para-hydroxylation sites is 1. The molecule has 0 fully saturated rings. The number of fused-ring (bicyclic) bond motifs is 1. The lowest BCUT2D eigenvalue weighted by atomic mass is 10.1. The Kier molecular flexibility index (Phi) is 5.49. The van der Waals surface area contributed by atoms with Gasteiger partial charge in [-0.3, -0.25) is 0 Å². The van der Waals surface area contributed by atoms with Gasteiger partial charge in [-0.1, -0.05) is 25.1 Å². The number of hydrogen-bond acceptors (Lipinski definition) is 3. The topological polar surface area (TPSA) is 34.4 Å². The number of ether oxygens (including phenoxy) is 1. The van der Waals surface area contributed by atoms with Gasteiger partial charge >= 0.3 is 0 Å². The molecule has 20 heavy (non-hydrogen) atoms. The molecule has 1 aromatic heterocycles. The minimum atomic E-state index is -2.42. The highest BCUT2D eigenvalue weighted by molar-refractivity contribution is 5.77. The second kappa shape index (κ2) is 7.36. The molecule has 0 radical (unpaired) electrons. The largest absolute Gasteiger partial charge is 0.459 e. The average Bonchev–Trinajstić information content (AvgIpc) is 2.85. The molecule has 110 valence electrons. The lowest BCUT2D eigenvalue weighted by Crippen LogP contribution is -2.22. The smallest absolute Gasteiger partial charge is 0.261 e. The Bertz CT molecular complexity index is 494. The van der Waals surface area contributed by atoms with E-state index in [1.54, 1.807) is 0 Å². The van der Waals surface area contributed by atoms with Crippen molar-refractivity contribution in [1.29, 1.82) is 0 Å². The van der Waals surface area contributed by atoms with Gasteiger partial charge in [-0.05, 0) is 25.1 Å². The van der Waals surface area contributed by atoms with Crippen LogP contribution in [0.1, 0.15) is 25.1 Å². The van der Waals surface area contributed by atoms with Crippen LogP contribution in [-0.4, -0.2) is 26.2 Å². The molecule has 1 heterocycles. The number of nitrogens with one attached hydrogen (secondary N) is 1. The first-order valence-electron chi connectivity index (χ1n) is 6.78. The molecule has 1 aromatic carbocycles. The molecule has 1 atom stereocenters. The Morgan fingerprint density at radius 2 is 2.10 bits per heavy atom. The summed E-state index contributed by atoms with van der Waals surface area (Å²) in [6.07, 6.45) is -1.82. The van der Waals surface area contributed by atoms with Crippen LogP contribution in [0.25, 0.3) is 11.0 Å². The highest BCUT2D eigenvalue weighted by atomic mass is 19.3. The Balaban J connectivity index is 1.99. The molecule has 2 rings (SSSR count). The summed E-state index contributed by atoms with van der Waals surface area (Å²) in [6, 6.07) is 9.73. The summed E-state index contributed by atoms with van der Waals surface area (Å²) >= 11 is 0. The number of alkyl halides is 2. The van der Waals surface area contributed by atoms with Crippen molar-refractivity contribution in [3.05, 3.63) is 36.1 Å². The standard InChI is InChI=1S/C15H19F2NO2/c1-2-18-12(7-8-19-10-15(16)17)14-9-11-5-3-4-6-13(11)20-14/h3-6,9,12,15,18H,2,7-8,10H2,1H3. The molecular weight excluding hydrogens is 264 g/mol. The SMILES string of the molecule is CCNC(CCOCC(F)F)c1cc2ccccc2o1. The van der Waals surface area contributed by atoms with E-state index in [-0.39, 0.29) is 12.6 Å². The summed E-state index contributed by atoms with van der Waals surface area (Å²) < 4.78 is 34.8. The number of hydrogen-bond donors (Lipinski definition) is 1. The third-order valence-corrected chi connectivity index (χ3v) is 3.03. The summed E-state index contributed by atoms with van der Waals surface area (Å²) in [5.41, 5.74) is 0.832. The van der Waals surface area contributed by atoms with Crippen LogP contribution in [0, 0.1) is 0 Å². The van der Waals surface area contributed by atoms with Crippen LogP contribution in [0.3, 0.4) is 0 Å². The van der Waals surface area contributed by atoms with Crippen LogP contribution in [-0.2, 0) is 4.74 Å². The van der Waals surface area contributed by atoms with Gasteiger partial charge in [-0.2, -0.15) is 0 Å². The number of rotatable bonds is 8. The zero-order chi connectivity index (χ0) is 14.4. The molecule has 0 aliphatic carbocycles. The minimum absolute atomic E-state index is 0.0231. The second-order valence-electron chi connectivity index (χ2n) is 4.55. The summed E-state index contributed by atoms with van der Waals surface area (Å²) in [5.74, 6) is 0.814. The molecule has 2 aromatic rings. The van der Waals surface area contributed by atoms with E-state index in [2.05, 4.69) is 5.32 Å². The molecule has 0 bridgehead atoms. The monoisotopic (exact) mass is 283 g/mol. The zero-order valence-corrected chi connectivity index (χ0v) is 11.4. The Morgan fingerprint density at radius 3 is 2.80 bits per heavy atom. The van der Waals surface area contributed by atoms with Crippen LogP contribution in [0.4, 0.5) is 8.78 Å². The number of halogens is 2. The molecule has 1 N–H and O–H groups in total. The Hall–Kier alpha value is -1.46. The Labute approximate surface area is 116 Å². The predicted molar refractivity (Wildman–Crippen MR) is 74.1 cm³/mol. The Morgan fingerprint density at radius 1 is 1.30 bits per heavy atom. The molecule has 0 saturated heterocycles. The van der Waals surface area contributed by atoms with Crippen LogP contribution in [0.2, 0.25) is 0 Å². The van der Waals surface area contributed by atoms with Crippen LogP contribution in [0.5, 0.6) is 0 Å². The van der Waals surface area contributed by atoms with E-state index in [0.717, 1.165) is 23.3 Å². The first-order chi connectivity index (χ1) is 9.70. The molecule has 5 heteroatoms. The second-order valence-corrected chi connectivity index (χ2v) is 4.55. The normalized spacial score (nSPS) is 13.2. The molecule has 0 aliphatic rings. The molecule has 0 saturated carbocycles. The van der Waals surface area contributed by atoms with Crippen molar-refractivity contribution in [3.8, 4) is 0 Å². The van der Waals surface area contributed by atoms with Crippen molar-refractivity contribution in [2.75, 3.05) is 19.8 Å². The molecule has 1 unspecified atom stereocenters. The van der Waals surface area contributed by atoms with Gasteiger partial charge in [0.25, 0.3) is 6.43 Å². The first-order valence-corrected chi connectivity index (χ1v) is 6.78. The summed E-state index contributed by atoms with van der Waals surface area (Å²) in [4.78, 5) is 0. The van der Waals surface area contributed by atoms with E-state index < -0.39 is 13.0 Å². The van der Waals surface area contributed by atoms with Gasteiger partial charge < -0.3 is 14.5 Å². The van der Waals surface area contributed by atoms with Crippen LogP contribution >= 0.6 is 0 Å². The highest BCUT2D eigenvalue weighted by Gasteiger charge is 2.15. The van der Waals surface area contributed by atoms with E-state index in [9.17, 15) is 8.78 Å². The molecule has 0 spiro atoms. The van der Waals surface area contributed by atoms with Crippen molar-refractivity contribution >= 4 is 11.0 Å². The van der Waals surface area contributed by atoms with Gasteiger partial charge in [0.05, 0.1) is 6.04 Å². The summed E-state index contributed by atoms with van der Waals surface area (Å²) in [5, 5.41) is 4.33. The number of benzene rings is 1. The van der Waals surface area contributed by atoms with Gasteiger partial charge in [0.1, 0.15) is 18.0 Å². The van der Waals surface area contributed by atoms with Gasteiger partial charge in [0.2, 0.25) is 0 Å². The van der Waals surface area contributed by atoms with Gasteiger partial charge in [0.15, 0.2) is 0 Å². The fourth-order valence-corrected chi connectivity index (χ4v) is 2.14. The lowest BCUT2D eigenvalue weighted by Gasteiger charge is -2.15. The van der Waals surface area contributed by atoms with Crippen molar-refractivity contribution in [3.63, 3.8) is 0 Å². The minimum Gasteiger partial charge on any atom is -0.459 e. The fourth-order valence-electron chi connectivity index (χ4n) is 2.14. The van der Waals surface area contributed by atoms with E-state index in [1.165, 1.54) is 0 Å². The maximum Gasteiger partial charge on any atom is 0.261 e.